The van der Waals surface area contributed by atoms with Crippen molar-refractivity contribution in [3.05, 3.63) is 137 Å². The normalized spacial score (nSPS) is 17.0. The second-order valence-corrected chi connectivity index (χ2v) is 20.3. The lowest BCUT2D eigenvalue weighted by Crippen LogP contribution is -2.50. The van der Waals surface area contributed by atoms with Gasteiger partial charge in [-0.2, -0.15) is 0 Å². The van der Waals surface area contributed by atoms with E-state index in [0.29, 0.717) is 88.1 Å². The van der Waals surface area contributed by atoms with Gasteiger partial charge in [0, 0.05) is 86.5 Å². The summed E-state index contributed by atoms with van der Waals surface area (Å²) in [7, 11) is 2.98. The predicted octanol–water partition coefficient (Wildman–Crippen LogP) is 5.70. The van der Waals surface area contributed by atoms with Gasteiger partial charge in [0.05, 0.1) is 48.8 Å². The number of amides is 8. The zero-order chi connectivity index (χ0) is 56.9. The van der Waals surface area contributed by atoms with E-state index in [1.165, 1.54) is 40.2 Å². The van der Waals surface area contributed by atoms with E-state index in [4.69, 9.17) is 23.9 Å². The van der Waals surface area contributed by atoms with E-state index in [9.17, 15) is 38.4 Å². The van der Waals surface area contributed by atoms with Crippen molar-refractivity contribution in [2.45, 2.75) is 89.8 Å². The van der Waals surface area contributed by atoms with Gasteiger partial charge in [0.25, 0.3) is 23.6 Å². The third-order valence-electron chi connectivity index (χ3n) is 14.7. The Balaban J connectivity index is 0.804. The first-order chi connectivity index (χ1) is 39.2. The van der Waals surface area contributed by atoms with E-state index in [-0.39, 0.29) is 69.0 Å². The van der Waals surface area contributed by atoms with Gasteiger partial charge in [-0.25, -0.2) is 0 Å². The maximum absolute atomic E-state index is 14.1. The number of benzene rings is 5. The Morgan fingerprint density at radius 3 is 1.94 bits per heavy atom. The number of anilines is 4. The molecule has 4 atom stereocenters. The average molecular weight is 1100 g/mol. The molecule has 5 aliphatic rings. The first-order valence-electron chi connectivity index (χ1n) is 26.8. The fraction of sp³-hybridized carbons (Fsp3) is 0.317. The summed E-state index contributed by atoms with van der Waals surface area (Å²) in [6, 6.07) is 25.3. The van der Waals surface area contributed by atoms with Crippen LogP contribution >= 0.6 is 0 Å². The number of hydrogen-bond acceptors (Lipinski definition) is 14. The standard InChI is InChI=1S/C60H61N9O12/c1-34(64-54(71)16-10-9-15-53(70)61-19-20-67-55(72)17-18-56(67)73)57(74)65-35(2)58(75)66-40-22-36(32-80-51-28-45-43(26-49(51)78-3)59(76)68-41(30-62-45)24-38-11-5-7-13-47(38)68)21-37(23-40)33-81-52-29-46-44(27-50(52)79-4)60(77)69-42(31-63-46)25-39-12-6-8-14-48(39)69/h5-8,11-14,17-18,21-23,26-30,34-35,41-42,63H,9-10,15-16,19-20,24-25,31-33H2,1-4H3,(H,61,70)(H,64,71)(H,65,74)(H,66,75)/t34-,35?,41?,42-/m0/s1. The number of carbonyl (C=O) groups is 8. The summed E-state index contributed by atoms with van der Waals surface area (Å²) in [5.74, 6) is -1.78. The van der Waals surface area contributed by atoms with Crippen LogP contribution in [0.5, 0.6) is 23.0 Å². The highest BCUT2D eigenvalue weighted by Crippen LogP contribution is 2.43. The first-order valence-corrected chi connectivity index (χ1v) is 26.8. The number of fused-ring (bicyclic) bond motifs is 8. The predicted molar refractivity (Wildman–Crippen MR) is 300 cm³/mol. The minimum absolute atomic E-state index is 0.0261. The molecule has 0 radical (unpaired) electrons. The Kier molecular flexibility index (Phi) is 16.1. The molecule has 0 fully saturated rings. The minimum Gasteiger partial charge on any atom is -0.493 e. The van der Waals surface area contributed by atoms with Crippen molar-refractivity contribution in [3.8, 4) is 23.0 Å². The molecule has 0 aromatic heterocycles. The van der Waals surface area contributed by atoms with E-state index < -0.39 is 41.6 Å². The Labute approximate surface area is 467 Å². The molecule has 5 aromatic carbocycles. The Bertz CT molecular complexity index is 3410. The van der Waals surface area contributed by atoms with Crippen molar-refractivity contribution in [2.24, 2.45) is 4.99 Å². The maximum atomic E-state index is 14.1. The van der Waals surface area contributed by atoms with Crippen LogP contribution in [0.25, 0.3) is 0 Å². The Hall–Kier alpha value is -9.53. The van der Waals surface area contributed by atoms with E-state index in [1.54, 1.807) is 47.5 Å². The van der Waals surface area contributed by atoms with Gasteiger partial charge in [0.15, 0.2) is 23.0 Å². The van der Waals surface area contributed by atoms with Gasteiger partial charge < -0.3 is 50.4 Å². The molecular weight excluding hydrogens is 1040 g/mol. The van der Waals surface area contributed by atoms with Gasteiger partial charge in [-0.3, -0.25) is 53.1 Å². The van der Waals surface area contributed by atoms with Crippen molar-refractivity contribution in [2.75, 3.05) is 54.3 Å². The molecule has 5 heterocycles. The summed E-state index contributed by atoms with van der Waals surface area (Å²) in [4.78, 5) is 113. The largest absolute Gasteiger partial charge is 0.493 e. The van der Waals surface area contributed by atoms with Crippen LogP contribution in [0, 0.1) is 0 Å². The zero-order valence-corrected chi connectivity index (χ0v) is 45.2. The number of carbonyl (C=O) groups excluding carboxylic acids is 8. The quantitative estimate of drug-likeness (QED) is 0.0438. The Morgan fingerprint density at radius 2 is 1.26 bits per heavy atom. The third-order valence-corrected chi connectivity index (χ3v) is 14.7. The summed E-state index contributed by atoms with van der Waals surface area (Å²) in [5.41, 5.74) is 7.24. The van der Waals surface area contributed by atoms with Crippen molar-refractivity contribution >= 4 is 81.9 Å². The number of rotatable bonds is 21. The molecule has 5 aliphatic heterocycles. The summed E-state index contributed by atoms with van der Waals surface area (Å²) < 4.78 is 24.4. The lowest BCUT2D eigenvalue weighted by atomic mass is 10.1. The molecule has 0 bridgehead atoms. The molecule has 10 rings (SSSR count). The zero-order valence-electron chi connectivity index (χ0n) is 45.2. The molecule has 8 amide bonds. The van der Waals surface area contributed by atoms with Crippen LogP contribution in [0.1, 0.15) is 82.5 Å². The lowest BCUT2D eigenvalue weighted by molar-refractivity contribution is -0.137. The number of methoxy groups -OCH3 is 2. The highest BCUT2D eigenvalue weighted by atomic mass is 16.5. The maximum Gasteiger partial charge on any atom is 0.261 e. The van der Waals surface area contributed by atoms with Gasteiger partial charge >= 0.3 is 0 Å². The van der Waals surface area contributed by atoms with Gasteiger partial charge in [0.2, 0.25) is 23.6 Å². The molecule has 5 aromatic rings. The molecule has 0 saturated carbocycles. The minimum atomic E-state index is -1.06. The van der Waals surface area contributed by atoms with E-state index >= 15 is 0 Å². The molecule has 0 saturated heterocycles. The van der Waals surface area contributed by atoms with Crippen molar-refractivity contribution in [1.29, 1.82) is 0 Å². The van der Waals surface area contributed by atoms with Crippen LogP contribution in [0.2, 0.25) is 0 Å². The highest BCUT2D eigenvalue weighted by molar-refractivity contribution is 6.15. The van der Waals surface area contributed by atoms with E-state index in [0.717, 1.165) is 33.8 Å². The van der Waals surface area contributed by atoms with Crippen LogP contribution in [0.4, 0.5) is 28.4 Å². The lowest BCUT2D eigenvalue weighted by Gasteiger charge is -2.22. The molecule has 2 unspecified atom stereocenters. The molecule has 418 valence electrons. The SMILES string of the molecule is COc1cc2c(cc1OCc1cc(COc3cc4c(cc3OC)C(=O)N3c5ccccc5C[C@H]3CN4)cc(NC(=O)C(C)NC(=O)[C@H](C)NC(=O)CCCCC(=O)NCCN3C(=O)C=CC3=O)c1)N=CC1Cc3ccccc3N1C2=O. The van der Waals surface area contributed by atoms with Crippen LogP contribution in [-0.4, -0.2) is 116 Å². The summed E-state index contributed by atoms with van der Waals surface area (Å²) in [5, 5.41) is 14.3. The van der Waals surface area contributed by atoms with Crippen molar-refractivity contribution in [1.82, 2.24) is 20.9 Å². The number of hydrogen-bond donors (Lipinski definition) is 5. The van der Waals surface area contributed by atoms with Gasteiger partial charge in [-0.05, 0) is 97.8 Å². The molecule has 21 nitrogen and oxygen atoms in total. The molecule has 21 heteroatoms. The van der Waals surface area contributed by atoms with Gasteiger partial charge in [-0.15, -0.1) is 0 Å². The molecule has 5 N–H and O–H groups in total. The second-order valence-electron chi connectivity index (χ2n) is 20.3. The van der Waals surface area contributed by atoms with Crippen LogP contribution in [0.3, 0.4) is 0 Å². The number of ether oxygens (including phenoxy) is 4. The number of unbranched alkanes of at least 4 members (excludes halogenated alkanes) is 1. The van der Waals surface area contributed by atoms with Crippen LogP contribution < -0.4 is 55.3 Å². The van der Waals surface area contributed by atoms with Gasteiger partial charge in [-0.1, -0.05) is 36.4 Å². The molecule has 0 aliphatic carbocycles. The molecular formula is C60H61N9O12. The number of nitrogens with zero attached hydrogens (tertiary/aromatic N) is 4. The number of para-hydroxylation sites is 2. The van der Waals surface area contributed by atoms with Crippen molar-refractivity contribution in [3.63, 3.8) is 0 Å². The van der Waals surface area contributed by atoms with Gasteiger partial charge in [0.1, 0.15) is 25.3 Å². The monoisotopic (exact) mass is 1100 g/mol. The number of imide groups is 1. The fourth-order valence-electron chi connectivity index (χ4n) is 10.6. The first kappa shape index (κ1) is 54.8. The van der Waals surface area contributed by atoms with Crippen LogP contribution in [0.15, 0.2) is 108 Å². The average Bonchev–Trinajstić information content (AvgIpc) is 4.22. The summed E-state index contributed by atoms with van der Waals surface area (Å²) in [6.45, 7) is 3.61. The number of aliphatic imine (C=N–C) groups is 1. The topological polar surface area (TPSA) is 256 Å². The van der Waals surface area contributed by atoms with E-state index in [1.807, 2.05) is 59.5 Å². The summed E-state index contributed by atoms with van der Waals surface area (Å²) in [6.07, 6.45) is 6.38. The fourth-order valence-corrected chi connectivity index (χ4v) is 10.6. The molecule has 0 spiro atoms. The highest BCUT2D eigenvalue weighted by Gasteiger charge is 2.39. The summed E-state index contributed by atoms with van der Waals surface area (Å²) >= 11 is 0. The second kappa shape index (κ2) is 23.8. The van der Waals surface area contributed by atoms with E-state index in [2.05, 4.69) is 26.6 Å². The van der Waals surface area contributed by atoms with Crippen molar-refractivity contribution < 1.29 is 57.3 Å². The number of nitrogens with one attached hydrogen (secondary N) is 5. The molecule has 81 heavy (non-hydrogen) atoms. The Morgan fingerprint density at radius 1 is 0.667 bits per heavy atom. The van der Waals surface area contributed by atoms with Crippen LogP contribution in [-0.2, 0) is 54.8 Å². The smallest absolute Gasteiger partial charge is 0.261 e. The third kappa shape index (κ3) is 11.9.